The molecule has 7 nitrogen and oxygen atoms in total. The molecule has 2 heterocycles. The zero-order valence-corrected chi connectivity index (χ0v) is 21.0. The zero-order valence-electron chi connectivity index (χ0n) is 19.4. The Kier molecular flexibility index (Phi) is 5.94. The topological polar surface area (TPSA) is 108 Å². The normalized spacial score (nSPS) is 17.9. The molecule has 0 unspecified atom stereocenters. The van der Waals surface area contributed by atoms with Gasteiger partial charge in [-0.25, -0.2) is 22.5 Å². The monoisotopic (exact) mass is 513 g/mol. The number of alkyl halides is 1. The number of fused-ring (bicyclic) bond motifs is 2. The molecule has 10 heteroatoms. The van der Waals surface area contributed by atoms with Crippen molar-refractivity contribution in [3.05, 3.63) is 58.1 Å². The van der Waals surface area contributed by atoms with Crippen molar-refractivity contribution in [2.24, 2.45) is 0 Å². The van der Waals surface area contributed by atoms with Crippen LogP contribution >= 0.6 is 11.6 Å². The molecule has 0 aliphatic heterocycles. The van der Waals surface area contributed by atoms with Crippen LogP contribution in [-0.2, 0) is 22.9 Å². The maximum atomic E-state index is 14.2. The number of hydrogen-bond acceptors (Lipinski definition) is 6. The maximum absolute atomic E-state index is 14.2. The number of halogens is 2. The molecule has 0 bridgehead atoms. The molecule has 3 aromatic rings. The highest BCUT2D eigenvalue weighted by molar-refractivity contribution is 7.89. The predicted octanol–water partition coefficient (Wildman–Crippen LogP) is 4.64. The second-order valence-corrected chi connectivity index (χ2v) is 12.0. The van der Waals surface area contributed by atoms with Crippen molar-refractivity contribution < 1.29 is 12.8 Å². The summed E-state index contributed by atoms with van der Waals surface area (Å²) < 4.78 is 43.8. The van der Waals surface area contributed by atoms with Crippen LogP contribution in [-0.4, -0.2) is 36.6 Å². The Balaban J connectivity index is 1.57. The van der Waals surface area contributed by atoms with Crippen LogP contribution in [0.15, 0.2) is 35.5 Å². The Morgan fingerprint density at radius 1 is 1.20 bits per heavy atom. The third kappa shape index (κ3) is 4.96. The average Bonchev–Trinajstić information content (AvgIpc) is 3.57. The summed E-state index contributed by atoms with van der Waals surface area (Å²) in [6.45, 7) is 2.35. The first kappa shape index (κ1) is 23.9. The van der Waals surface area contributed by atoms with Gasteiger partial charge < -0.3 is 5.32 Å². The Morgan fingerprint density at radius 3 is 2.66 bits per heavy atom. The van der Waals surface area contributed by atoms with Gasteiger partial charge in [-0.15, -0.1) is 0 Å². The van der Waals surface area contributed by atoms with Crippen LogP contribution in [0.2, 0.25) is 5.15 Å². The SMILES string of the molecule is CC(C)(F)CNS(=O)(=O)c1c2c(cc3cnc(C4CC4)cc13)C[C@@H](Nc1cnc(Cl)cc1C#N)C2. The van der Waals surface area contributed by atoms with Crippen LogP contribution in [0.1, 0.15) is 55.0 Å². The lowest BCUT2D eigenvalue weighted by Crippen LogP contribution is -2.36. The summed E-state index contributed by atoms with van der Waals surface area (Å²) in [5, 5.41) is 14.4. The number of hydrogen-bond donors (Lipinski definition) is 2. The molecular weight excluding hydrogens is 489 g/mol. The van der Waals surface area contributed by atoms with Gasteiger partial charge >= 0.3 is 0 Å². The van der Waals surface area contributed by atoms with Crippen molar-refractivity contribution in [3.63, 3.8) is 0 Å². The number of aromatic nitrogens is 2. The summed E-state index contributed by atoms with van der Waals surface area (Å²) in [7, 11) is -4.01. The third-order valence-electron chi connectivity index (χ3n) is 6.41. The van der Waals surface area contributed by atoms with Gasteiger partial charge in [-0.05, 0) is 68.9 Å². The number of anilines is 1. The number of nitriles is 1. The molecular formula is C25H25ClFN5O2S. The van der Waals surface area contributed by atoms with Crippen molar-refractivity contribution in [3.8, 4) is 6.07 Å². The van der Waals surface area contributed by atoms with Crippen molar-refractivity contribution in [2.45, 2.75) is 62.1 Å². The Morgan fingerprint density at radius 2 is 1.97 bits per heavy atom. The molecule has 1 fully saturated rings. The number of sulfonamides is 1. The largest absolute Gasteiger partial charge is 0.379 e. The lowest BCUT2D eigenvalue weighted by atomic mass is 10.0. The van der Waals surface area contributed by atoms with Gasteiger partial charge in [0.25, 0.3) is 0 Å². The van der Waals surface area contributed by atoms with E-state index >= 15 is 0 Å². The van der Waals surface area contributed by atoms with Gasteiger partial charge in [0.2, 0.25) is 10.0 Å². The molecule has 35 heavy (non-hydrogen) atoms. The van der Waals surface area contributed by atoms with Crippen molar-refractivity contribution >= 4 is 38.1 Å². The van der Waals surface area contributed by atoms with Gasteiger partial charge in [-0.3, -0.25) is 4.98 Å². The molecule has 2 aliphatic carbocycles. The van der Waals surface area contributed by atoms with E-state index in [1.54, 1.807) is 6.20 Å². The summed E-state index contributed by atoms with van der Waals surface area (Å²) in [6, 6.07) is 7.31. The first-order valence-electron chi connectivity index (χ1n) is 11.5. The smallest absolute Gasteiger partial charge is 0.241 e. The lowest BCUT2D eigenvalue weighted by Gasteiger charge is -2.18. The summed E-state index contributed by atoms with van der Waals surface area (Å²) in [5.41, 5.74) is 1.69. The lowest BCUT2D eigenvalue weighted by molar-refractivity contribution is 0.221. The fraction of sp³-hybridized carbons (Fsp3) is 0.400. The average molecular weight is 514 g/mol. The van der Waals surface area contributed by atoms with Gasteiger partial charge in [0.05, 0.1) is 22.3 Å². The van der Waals surface area contributed by atoms with Crippen molar-refractivity contribution in [1.82, 2.24) is 14.7 Å². The highest BCUT2D eigenvalue weighted by Crippen LogP contribution is 2.42. The van der Waals surface area contributed by atoms with Crippen LogP contribution in [0, 0.1) is 11.3 Å². The predicted molar refractivity (Wildman–Crippen MR) is 133 cm³/mol. The molecule has 0 saturated heterocycles. The van der Waals surface area contributed by atoms with E-state index in [2.05, 4.69) is 26.1 Å². The number of rotatable bonds is 7. The number of nitrogens with one attached hydrogen (secondary N) is 2. The van der Waals surface area contributed by atoms with Crippen LogP contribution in [0.5, 0.6) is 0 Å². The molecule has 2 N–H and O–H groups in total. The molecule has 2 aromatic heterocycles. The van der Waals surface area contributed by atoms with Gasteiger partial charge in [0, 0.05) is 41.2 Å². The van der Waals surface area contributed by atoms with E-state index in [1.807, 2.05) is 12.1 Å². The quantitative estimate of drug-likeness (QED) is 0.446. The van der Waals surface area contributed by atoms with Crippen LogP contribution in [0.3, 0.4) is 0 Å². The minimum Gasteiger partial charge on any atom is -0.379 e. The molecule has 182 valence electrons. The van der Waals surface area contributed by atoms with Crippen LogP contribution < -0.4 is 10.0 Å². The van der Waals surface area contributed by atoms with Crippen molar-refractivity contribution in [1.29, 1.82) is 5.26 Å². The summed E-state index contributed by atoms with van der Waals surface area (Å²) in [4.78, 5) is 8.83. The van der Waals surface area contributed by atoms with E-state index in [0.717, 1.165) is 29.5 Å². The Labute approximate surface area is 208 Å². The van der Waals surface area contributed by atoms with Crippen molar-refractivity contribution in [2.75, 3.05) is 11.9 Å². The maximum Gasteiger partial charge on any atom is 0.241 e. The number of benzene rings is 1. The first-order chi connectivity index (χ1) is 16.5. The summed E-state index contributed by atoms with van der Waals surface area (Å²) in [6.07, 6.45) is 6.31. The molecule has 0 amide bonds. The second kappa shape index (κ2) is 8.70. The number of pyridine rings is 2. The highest BCUT2D eigenvalue weighted by Gasteiger charge is 2.33. The molecule has 2 aliphatic rings. The van der Waals surface area contributed by atoms with Gasteiger partial charge in [-0.2, -0.15) is 5.26 Å². The minimum atomic E-state index is -4.01. The molecule has 0 spiro atoms. The van der Waals surface area contributed by atoms with Crippen LogP contribution in [0.25, 0.3) is 10.8 Å². The fourth-order valence-electron chi connectivity index (χ4n) is 4.57. The number of nitrogens with zero attached hydrogens (tertiary/aromatic N) is 3. The van der Waals surface area contributed by atoms with E-state index in [1.165, 1.54) is 26.1 Å². The molecule has 1 atom stereocenters. The van der Waals surface area contributed by atoms with Gasteiger partial charge in [-0.1, -0.05) is 11.6 Å². The first-order valence-corrected chi connectivity index (χ1v) is 13.4. The summed E-state index contributed by atoms with van der Waals surface area (Å²) in [5.74, 6) is 0.358. The Hall–Kier alpha value is -2.80. The molecule has 1 aromatic carbocycles. The second-order valence-electron chi connectivity index (χ2n) is 9.91. The Bertz CT molecular complexity index is 1480. The molecule has 5 rings (SSSR count). The minimum absolute atomic E-state index is 0.153. The van der Waals surface area contributed by atoms with E-state index in [0.29, 0.717) is 41.0 Å². The summed E-state index contributed by atoms with van der Waals surface area (Å²) >= 11 is 5.92. The highest BCUT2D eigenvalue weighted by atomic mass is 35.5. The van der Waals surface area contributed by atoms with E-state index < -0.39 is 15.7 Å². The zero-order chi connectivity index (χ0) is 25.0. The van der Waals surface area contributed by atoms with Gasteiger partial charge in [0.1, 0.15) is 16.9 Å². The van der Waals surface area contributed by atoms with E-state index in [-0.39, 0.29) is 22.6 Å². The van der Waals surface area contributed by atoms with E-state index in [9.17, 15) is 18.1 Å². The fourth-order valence-corrected chi connectivity index (χ4v) is 6.41. The third-order valence-corrected chi connectivity index (χ3v) is 8.14. The molecule has 1 saturated carbocycles. The van der Waals surface area contributed by atoms with E-state index in [4.69, 9.17) is 11.6 Å². The molecule has 0 radical (unpaired) electrons. The van der Waals surface area contributed by atoms with Gasteiger partial charge in [0.15, 0.2) is 0 Å². The van der Waals surface area contributed by atoms with Crippen LogP contribution in [0.4, 0.5) is 10.1 Å². The standard InChI is InChI=1S/C25H25ClFN5O2S/c1-25(2,27)13-31-35(33,34)24-19-8-18(32-22-12-30-23(26)7-16(22)10-28)6-15(19)5-17-11-29-21(9-20(17)24)14-3-4-14/h5,7,9,11-12,14,18,31-32H,3-4,6,8,13H2,1-2H3/t18-/m1/s1.